The number of aliphatic hydroxyl groups excluding tert-OH is 1. The fraction of sp³-hybridized carbons (Fsp3) is 0.909. The van der Waals surface area contributed by atoms with Gasteiger partial charge in [0.25, 0.3) is 0 Å². The van der Waals surface area contributed by atoms with E-state index in [4.69, 9.17) is 4.74 Å². The van der Waals surface area contributed by atoms with Crippen molar-refractivity contribution in [1.82, 2.24) is 4.90 Å². The molecule has 6 nitrogen and oxygen atoms in total. The van der Waals surface area contributed by atoms with E-state index in [0.717, 1.165) is 6.26 Å². The average Bonchev–Trinajstić information content (AvgIpc) is 2.22. The van der Waals surface area contributed by atoms with E-state index in [1.807, 2.05) is 0 Å². The van der Waals surface area contributed by atoms with Crippen LogP contribution in [0.3, 0.4) is 0 Å². The van der Waals surface area contributed by atoms with Gasteiger partial charge in [-0.25, -0.2) is 8.42 Å². The zero-order chi connectivity index (χ0) is 13.4. The number of likely N-dealkylation sites (tertiary alicyclic amines) is 1. The number of amides is 1. The second-order valence-electron chi connectivity index (χ2n) is 5.37. The minimum atomic E-state index is -3.21. The van der Waals surface area contributed by atoms with Crippen LogP contribution < -0.4 is 0 Å². The molecule has 0 spiro atoms. The fourth-order valence-corrected chi connectivity index (χ4v) is 3.82. The lowest BCUT2D eigenvalue weighted by Gasteiger charge is -2.43. The number of piperidine rings is 1. The predicted octanol–water partition coefficient (Wildman–Crippen LogP) is -0.969. The van der Waals surface area contributed by atoms with E-state index in [2.05, 4.69) is 0 Å². The SMILES string of the molecule is CS(=O)(=O)CC1(C(=O)N2CCC(O)CC2)COC1. The molecule has 2 fully saturated rings. The Balaban J connectivity index is 2.06. The maximum atomic E-state index is 12.4. The molecule has 0 bridgehead atoms. The molecule has 104 valence electrons. The predicted molar refractivity (Wildman–Crippen MR) is 64.8 cm³/mol. The van der Waals surface area contributed by atoms with Gasteiger partial charge in [-0.05, 0) is 12.8 Å². The van der Waals surface area contributed by atoms with Crippen molar-refractivity contribution in [3.05, 3.63) is 0 Å². The smallest absolute Gasteiger partial charge is 0.234 e. The first kappa shape index (κ1) is 13.8. The number of ether oxygens (including phenoxy) is 1. The highest BCUT2D eigenvalue weighted by atomic mass is 32.2. The van der Waals surface area contributed by atoms with Gasteiger partial charge in [0.1, 0.15) is 15.3 Å². The van der Waals surface area contributed by atoms with Crippen LogP contribution in [0.4, 0.5) is 0 Å². The summed E-state index contributed by atoms with van der Waals surface area (Å²) in [5.41, 5.74) is -0.893. The first-order chi connectivity index (χ1) is 8.32. The summed E-state index contributed by atoms with van der Waals surface area (Å²) < 4.78 is 27.9. The van der Waals surface area contributed by atoms with Crippen LogP contribution in [0.25, 0.3) is 0 Å². The summed E-state index contributed by atoms with van der Waals surface area (Å²) in [6.07, 6.45) is 1.90. The van der Waals surface area contributed by atoms with Gasteiger partial charge >= 0.3 is 0 Å². The van der Waals surface area contributed by atoms with Gasteiger partial charge in [-0.2, -0.15) is 0 Å². The Morgan fingerprint density at radius 1 is 1.39 bits per heavy atom. The molecule has 18 heavy (non-hydrogen) atoms. The standard InChI is InChI=1S/C11H19NO5S/c1-18(15,16)8-11(6-17-7-11)10(14)12-4-2-9(13)3-5-12/h9,13H,2-8H2,1H3. The molecular formula is C11H19NO5S. The number of carbonyl (C=O) groups is 1. The van der Waals surface area contributed by atoms with Crippen molar-refractivity contribution < 1.29 is 23.1 Å². The molecule has 0 aromatic rings. The maximum Gasteiger partial charge on any atom is 0.234 e. The van der Waals surface area contributed by atoms with Crippen LogP contribution in [0.2, 0.25) is 0 Å². The highest BCUT2D eigenvalue weighted by Crippen LogP contribution is 2.32. The monoisotopic (exact) mass is 277 g/mol. The molecule has 0 aliphatic carbocycles. The van der Waals surface area contributed by atoms with Crippen LogP contribution in [-0.4, -0.2) is 68.7 Å². The number of hydrogen-bond acceptors (Lipinski definition) is 5. The molecule has 0 radical (unpaired) electrons. The summed E-state index contributed by atoms with van der Waals surface area (Å²) in [5.74, 6) is -0.302. The molecule has 2 aliphatic heterocycles. The van der Waals surface area contributed by atoms with Crippen molar-refractivity contribution >= 4 is 15.7 Å². The Bertz CT molecular complexity index is 421. The Kier molecular flexibility index (Phi) is 3.66. The second kappa shape index (κ2) is 4.79. The minimum absolute atomic E-state index is 0.147. The molecular weight excluding hydrogens is 258 g/mol. The largest absolute Gasteiger partial charge is 0.393 e. The fourth-order valence-electron chi connectivity index (χ4n) is 2.52. The van der Waals surface area contributed by atoms with Crippen molar-refractivity contribution in [2.24, 2.45) is 5.41 Å². The number of rotatable bonds is 3. The summed E-state index contributed by atoms with van der Waals surface area (Å²) in [6, 6.07) is 0. The molecule has 0 saturated carbocycles. The third-order valence-corrected chi connectivity index (χ3v) is 4.58. The molecule has 2 aliphatic rings. The van der Waals surface area contributed by atoms with Gasteiger partial charge in [-0.3, -0.25) is 4.79 Å². The summed E-state index contributed by atoms with van der Waals surface area (Å²) in [7, 11) is -3.21. The van der Waals surface area contributed by atoms with Crippen LogP contribution >= 0.6 is 0 Å². The van der Waals surface area contributed by atoms with E-state index < -0.39 is 15.3 Å². The zero-order valence-corrected chi connectivity index (χ0v) is 11.3. The van der Waals surface area contributed by atoms with Gasteiger partial charge < -0.3 is 14.7 Å². The summed E-state index contributed by atoms with van der Waals surface area (Å²) in [4.78, 5) is 14.0. The van der Waals surface area contributed by atoms with Crippen molar-refractivity contribution in [2.45, 2.75) is 18.9 Å². The molecule has 0 aromatic carbocycles. The van der Waals surface area contributed by atoms with E-state index in [9.17, 15) is 18.3 Å². The molecule has 2 rings (SSSR count). The van der Waals surface area contributed by atoms with Gasteiger partial charge in [0, 0.05) is 19.3 Å². The minimum Gasteiger partial charge on any atom is -0.393 e. The third-order valence-electron chi connectivity index (χ3n) is 3.50. The number of sulfone groups is 1. The number of carbonyl (C=O) groups excluding carboxylic acids is 1. The molecule has 0 atom stereocenters. The molecule has 2 saturated heterocycles. The lowest BCUT2D eigenvalue weighted by Crippen LogP contribution is -2.59. The molecule has 0 aromatic heterocycles. The van der Waals surface area contributed by atoms with Crippen LogP contribution in [-0.2, 0) is 19.4 Å². The van der Waals surface area contributed by atoms with E-state index in [1.165, 1.54) is 0 Å². The summed E-state index contributed by atoms with van der Waals surface area (Å²) >= 11 is 0. The number of hydrogen-bond donors (Lipinski definition) is 1. The van der Waals surface area contributed by atoms with Gasteiger partial charge in [-0.1, -0.05) is 0 Å². The summed E-state index contributed by atoms with van der Waals surface area (Å²) in [6.45, 7) is 1.34. The van der Waals surface area contributed by atoms with Crippen molar-refractivity contribution in [3.8, 4) is 0 Å². The molecule has 1 N–H and O–H groups in total. The van der Waals surface area contributed by atoms with Crippen LogP contribution in [0, 0.1) is 5.41 Å². The number of aliphatic hydroxyl groups is 1. The number of nitrogens with zero attached hydrogens (tertiary/aromatic N) is 1. The van der Waals surface area contributed by atoms with Gasteiger partial charge in [0.15, 0.2) is 0 Å². The van der Waals surface area contributed by atoms with E-state index in [1.54, 1.807) is 4.90 Å². The van der Waals surface area contributed by atoms with Crippen molar-refractivity contribution in [2.75, 3.05) is 38.3 Å². The van der Waals surface area contributed by atoms with Crippen LogP contribution in [0.5, 0.6) is 0 Å². The molecule has 7 heteroatoms. The van der Waals surface area contributed by atoms with Gasteiger partial charge in [0.05, 0.1) is 25.1 Å². The summed E-state index contributed by atoms with van der Waals surface area (Å²) in [5, 5.41) is 9.41. The first-order valence-electron chi connectivity index (χ1n) is 6.05. The normalized spacial score (nSPS) is 24.7. The van der Waals surface area contributed by atoms with Crippen molar-refractivity contribution in [1.29, 1.82) is 0 Å². The lowest BCUT2D eigenvalue weighted by atomic mass is 9.86. The Labute approximate surface area is 107 Å². The van der Waals surface area contributed by atoms with Gasteiger partial charge in [0.2, 0.25) is 5.91 Å². The maximum absolute atomic E-state index is 12.4. The van der Waals surface area contributed by atoms with Gasteiger partial charge in [-0.15, -0.1) is 0 Å². The quantitative estimate of drug-likeness (QED) is 0.717. The molecule has 0 unspecified atom stereocenters. The van der Waals surface area contributed by atoms with Crippen LogP contribution in [0.15, 0.2) is 0 Å². The van der Waals surface area contributed by atoms with E-state index >= 15 is 0 Å². The Morgan fingerprint density at radius 2 is 1.94 bits per heavy atom. The lowest BCUT2D eigenvalue weighted by molar-refractivity contribution is -0.169. The Morgan fingerprint density at radius 3 is 2.33 bits per heavy atom. The Hall–Kier alpha value is -0.660. The molecule has 1 amide bonds. The highest BCUT2D eigenvalue weighted by molar-refractivity contribution is 7.90. The average molecular weight is 277 g/mol. The van der Waals surface area contributed by atoms with Crippen LogP contribution in [0.1, 0.15) is 12.8 Å². The zero-order valence-electron chi connectivity index (χ0n) is 10.5. The second-order valence-corrected chi connectivity index (χ2v) is 7.51. The topological polar surface area (TPSA) is 83.9 Å². The van der Waals surface area contributed by atoms with Crippen molar-refractivity contribution in [3.63, 3.8) is 0 Å². The third kappa shape index (κ3) is 2.84. The molecule has 2 heterocycles. The van der Waals surface area contributed by atoms with E-state index in [0.29, 0.717) is 25.9 Å². The van der Waals surface area contributed by atoms with E-state index in [-0.39, 0.29) is 31.0 Å². The highest BCUT2D eigenvalue weighted by Gasteiger charge is 2.50. The first-order valence-corrected chi connectivity index (χ1v) is 8.11.